The zero-order chi connectivity index (χ0) is 16.9. The van der Waals surface area contributed by atoms with Gasteiger partial charge in [-0.25, -0.2) is 4.39 Å². The molecule has 122 valence electrons. The maximum Gasteiger partial charge on any atom is 0.270 e. The van der Waals surface area contributed by atoms with Gasteiger partial charge in [0.1, 0.15) is 0 Å². The lowest BCUT2D eigenvalue weighted by atomic mass is 10.2. The van der Waals surface area contributed by atoms with Crippen molar-refractivity contribution in [1.29, 1.82) is 0 Å². The summed E-state index contributed by atoms with van der Waals surface area (Å²) in [6.45, 7) is 1.50. The minimum Gasteiger partial charge on any atom is -0.478 e. The first-order chi connectivity index (χ1) is 11.6. The molecule has 0 bridgehead atoms. The zero-order valence-electron chi connectivity index (χ0n) is 12.8. The van der Waals surface area contributed by atoms with Gasteiger partial charge in [0.05, 0.1) is 0 Å². The topological polar surface area (TPSA) is 77.2 Å². The van der Waals surface area contributed by atoms with Crippen LogP contribution in [-0.4, -0.2) is 22.2 Å². The first-order valence-corrected chi connectivity index (χ1v) is 7.24. The molecule has 7 heteroatoms. The van der Waals surface area contributed by atoms with Gasteiger partial charge in [0, 0.05) is 5.56 Å². The van der Waals surface area contributed by atoms with Gasteiger partial charge in [-0.3, -0.25) is 10.1 Å². The Kier molecular flexibility index (Phi) is 4.51. The number of anilines is 1. The summed E-state index contributed by atoms with van der Waals surface area (Å²) in [6, 6.07) is 15.0. The lowest BCUT2D eigenvalue weighted by Gasteiger charge is -2.13. The molecule has 0 saturated carbocycles. The van der Waals surface area contributed by atoms with Crippen LogP contribution in [0.5, 0.6) is 5.75 Å². The van der Waals surface area contributed by atoms with Gasteiger partial charge in [0.15, 0.2) is 17.7 Å². The number of halogens is 1. The van der Waals surface area contributed by atoms with E-state index in [-0.39, 0.29) is 17.6 Å². The molecule has 0 fully saturated rings. The van der Waals surface area contributed by atoms with E-state index in [1.807, 2.05) is 30.3 Å². The van der Waals surface area contributed by atoms with E-state index >= 15 is 0 Å². The second-order valence-electron chi connectivity index (χ2n) is 4.97. The normalized spacial score (nSPS) is 11.8. The Bertz CT molecular complexity index is 836. The number of rotatable bonds is 5. The molecule has 0 aliphatic rings. The average molecular weight is 327 g/mol. The Labute approximate surface area is 137 Å². The molecule has 6 nitrogen and oxygen atoms in total. The SMILES string of the molecule is CC(Oc1ccccc1F)C(=O)Nc1noc(-c2ccccc2)n1. The van der Waals surface area contributed by atoms with Gasteiger partial charge in [-0.2, -0.15) is 4.98 Å². The fraction of sp³-hybridized carbons (Fsp3) is 0.118. The Morgan fingerprint density at radius 1 is 1.17 bits per heavy atom. The maximum absolute atomic E-state index is 13.5. The van der Waals surface area contributed by atoms with Crippen molar-refractivity contribution in [3.8, 4) is 17.2 Å². The lowest BCUT2D eigenvalue weighted by Crippen LogP contribution is -2.30. The number of amides is 1. The number of carbonyl (C=O) groups excluding carboxylic acids is 1. The molecule has 3 rings (SSSR count). The molecule has 0 saturated heterocycles. The zero-order valence-corrected chi connectivity index (χ0v) is 12.8. The van der Waals surface area contributed by atoms with Crippen LogP contribution in [0.4, 0.5) is 10.3 Å². The fourth-order valence-corrected chi connectivity index (χ4v) is 1.97. The number of nitrogens with zero attached hydrogens (tertiary/aromatic N) is 2. The Balaban J connectivity index is 1.65. The summed E-state index contributed by atoms with van der Waals surface area (Å²) in [5, 5.41) is 6.16. The van der Waals surface area contributed by atoms with Crippen LogP contribution in [0.15, 0.2) is 59.1 Å². The number of hydrogen-bond acceptors (Lipinski definition) is 5. The molecular formula is C17H14FN3O3. The lowest BCUT2D eigenvalue weighted by molar-refractivity contribution is -0.122. The van der Waals surface area contributed by atoms with Crippen molar-refractivity contribution < 1.29 is 18.4 Å². The minimum atomic E-state index is -0.930. The van der Waals surface area contributed by atoms with E-state index in [4.69, 9.17) is 9.26 Å². The van der Waals surface area contributed by atoms with Crippen molar-refractivity contribution in [2.75, 3.05) is 5.32 Å². The van der Waals surface area contributed by atoms with Crippen LogP contribution >= 0.6 is 0 Å². The molecule has 24 heavy (non-hydrogen) atoms. The average Bonchev–Trinajstić information content (AvgIpc) is 3.06. The fourth-order valence-electron chi connectivity index (χ4n) is 1.97. The van der Waals surface area contributed by atoms with Crippen molar-refractivity contribution in [1.82, 2.24) is 10.1 Å². The van der Waals surface area contributed by atoms with Gasteiger partial charge in [-0.15, -0.1) is 0 Å². The van der Waals surface area contributed by atoms with Crippen LogP contribution in [0.25, 0.3) is 11.5 Å². The molecule has 1 aromatic heterocycles. The largest absolute Gasteiger partial charge is 0.478 e. The molecule has 2 aromatic carbocycles. The Hall–Kier alpha value is -3.22. The molecule has 0 aliphatic heterocycles. The molecule has 0 spiro atoms. The molecule has 1 atom stereocenters. The molecule has 1 heterocycles. The summed E-state index contributed by atoms with van der Waals surface area (Å²) < 4.78 is 23.9. The number of ether oxygens (including phenoxy) is 1. The Morgan fingerprint density at radius 3 is 2.62 bits per heavy atom. The van der Waals surface area contributed by atoms with Gasteiger partial charge in [-0.1, -0.05) is 30.3 Å². The smallest absolute Gasteiger partial charge is 0.270 e. The number of hydrogen-bond donors (Lipinski definition) is 1. The molecule has 0 radical (unpaired) electrons. The maximum atomic E-state index is 13.5. The van der Waals surface area contributed by atoms with Gasteiger partial charge in [-0.05, 0) is 36.3 Å². The quantitative estimate of drug-likeness (QED) is 0.778. The highest BCUT2D eigenvalue weighted by atomic mass is 19.1. The van der Waals surface area contributed by atoms with Gasteiger partial charge < -0.3 is 9.26 Å². The van der Waals surface area contributed by atoms with Crippen LogP contribution in [0.2, 0.25) is 0 Å². The summed E-state index contributed by atoms with van der Waals surface area (Å²) in [6.07, 6.45) is -0.930. The second kappa shape index (κ2) is 6.91. The van der Waals surface area contributed by atoms with Crippen LogP contribution in [0.1, 0.15) is 6.92 Å². The monoisotopic (exact) mass is 327 g/mol. The number of benzene rings is 2. The van der Waals surface area contributed by atoms with E-state index in [1.165, 1.54) is 25.1 Å². The Morgan fingerprint density at radius 2 is 1.88 bits per heavy atom. The van der Waals surface area contributed by atoms with Gasteiger partial charge >= 0.3 is 0 Å². The highest BCUT2D eigenvalue weighted by Crippen LogP contribution is 2.19. The molecule has 3 aromatic rings. The van der Waals surface area contributed by atoms with Crippen molar-refractivity contribution in [2.24, 2.45) is 0 Å². The summed E-state index contributed by atoms with van der Waals surface area (Å²) >= 11 is 0. The molecule has 1 unspecified atom stereocenters. The van der Waals surface area contributed by atoms with E-state index in [0.717, 1.165) is 5.56 Å². The van der Waals surface area contributed by atoms with Crippen LogP contribution in [-0.2, 0) is 4.79 Å². The van der Waals surface area contributed by atoms with Gasteiger partial charge in [0.25, 0.3) is 17.7 Å². The summed E-state index contributed by atoms with van der Waals surface area (Å²) in [5.41, 5.74) is 0.737. The van der Waals surface area contributed by atoms with Crippen molar-refractivity contribution in [3.05, 3.63) is 60.4 Å². The number of aromatic nitrogens is 2. The summed E-state index contributed by atoms with van der Waals surface area (Å²) in [5.74, 6) is -0.753. The molecule has 1 amide bonds. The third-order valence-electron chi connectivity index (χ3n) is 3.19. The van der Waals surface area contributed by atoms with Crippen LogP contribution in [0.3, 0.4) is 0 Å². The van der Waals surface area contributed by atoms with Gasteiger partial charge in [0.2, 0.25) is 0 Å². The standard InChI is InChI=1S/C17H14FN3O3/c1-11(23-14-10-6-5-9-13(14)18)15(22)19-17-20-16(24-21-17)12-7-3-2-4-8-12/h2-11H,1H3,(H,19,21,22). The van der Waals surface area contributed by atoms with Crippen LogP contribution < -0.4 is 10.1 Å². The third kappa shape index (κ3) is 3.57. The molecule has 0 aliphatic carbocycles. The number of para-hydroxylation sites is 1. The summed E-state index contributed by atoms with van der Waals surface area (Å²) in [4.78, 5) is 16.2. The van der Waals surface area contributed by atoms with E-state index in [1.54, 1.807) is 6.07 Å². The van der Waals surface area contributed by atoms with Crippen molar-refractivity contribution in [2.45, 2.75) is 13.0 Å². The number of nitrogens with one attached hydrogen (secondary N) is 1. The van der Waals surface area contributed by atoms with E-state index in [0.29, 0.717) is 0 Å². The number of carbonyl (C=O) groups is 1. The van der Waals surface area contributed by atoms with E-state index in [9.17, 15) is 9.18 Å². The predicted octanol–water partition coefficient (Wildman–Crippen LogP) is 3.28. The minimum absolute atomic E-state index is 0.00163. The van der Waals surface area contributed by atoms with Crippen molar-refractivity contribution in [3.63, 3.8) is 0 Å². The second-order valence-corrected chi connectivity index (χ2v) is 4.97. The predicted molar refractivity (Wildman–Crippen MR) is 84.9 cm³/mol. The molecular weight excluding hydrogens is 313 g/mol. The van der Waals surface area contributed by atoms with Crippen LogP contribution in [0, 0.1) is 5.82 Å². The third-order valence-corrected chi connectivity index (χ3v) is 3.19. The van der Waals surface area contributed by atoms with Crippen molar-refractivity contribution >= 4 is 11.9 Å². The van der Waals surface area contributed by atoms with E-state index in [2.05, 4.69) is 15.5 Å². The highest BCUT2D eigenvalue weighted by molar-refractivity contribution is 5.92. The first-order valence-electron chi connectivity index (χ1n) is 7.24. The highest BCUT2D eigenvalue weighted by Gasteiger charge is 2.19. The molecule has 1 N–H and O–H groups in total. The summed E-state index contributed by atoms with van der Waals surface area (Å²) in [7, 11) is 0. The van der Waals surface area contributed by atoms with E-state index < -0.39 is 17.8 Å². The first kappa shape index (κ1) is 15.7.